The van der Waals surface area contributed by atoms with E-state index in [1.165, 1.54) is 10.5 Å². The molecular weight excluding hydrogens is 324 g/mol. The van der Waals surface area contributed by atoms with E-state index >= 15 is 0 Å². The number of rotatable bonds is 6. The van der Waals surface area contributed by atoms with E-state index in [2.05, 4.69) is 28.5 Å². The summed E-state index contributed by atoms with van der Waals surface area (Å²) in [5.41, 5.74) is 2.33. The quantitative estimate of drug-likeness (QED) is 0.803. The van der Waals surface area contributed by atoms with Gasteiger partial charge in [-0.2, -0.15) is 11.8 Å². The molecule has 1 aliphatic heterocycles. The monoisotopic (exact) mass is 344 g/mol. The van der Waals surface area contributed by atoms with Gasteiger partial charge in [0, 0.05) is 34.8 Å². The average molecular weight is 345 g/mol. The number of benzene rings is 1. The van der Waals surface area contributed by atoms with Gasteiger partial charge in [0.2, 0.25) is 5.91 Å². The van der Waals surface area contributed by atoms with Crippen molar-refractivity contribution in [2.75, 3.05) is 11.5 Å². The van der Waals surface area contributed by atoms with Gasteiger partial charge in [-0.1, -0.05) is 24.3 Å². The van der Waals surface area contributed by atoms with Gasteiger partial charge in [0.25, 0.3) is 0 Å². The minimum Gasteiger partial charge on any atom is -0.349 e. The first-order chi connectivity index (χ1) is 11.3. The Morgan fingerprint density at radius 1 is 1.26 bits per heavy atom. The third-order valence-corrected chi connectivity index (χ3v) is 5.86. The number of carbonyl (C=O) groups is 1. The van der Waals surface area contributed by atoms with Gasteiger partial charge in [0.1, 0.15) is 0 Å². The van der Waals surface area contributed by atoms with Gasteiger partial charge in [-0.25, -0.2) is 0 Å². The number of aromatic nitrogens is 1. The Labute approximate surface area is 145 Å². The third-order valence-electron chi connectivity index (χ3n) is 3.74. The Kier molecular flexibility index (Phi) is 6.00. The summed E-state index contributed by atoms with van der Waals surface area (Å²) >= 11 is 3.63. The lowest BCUT2D eigenvalue weighted by molar-refractivity contribution is -0.121. The summed E-state index contributed by atoms with van der Waals surface area (Å²) in [4.78, 5) is 17.8. The minimum absolute atomic E-state index is 0.144. The van der Waals surface area contributed by atoms with Crippen LogP contribution in [-0.4, -0.2) is 22.4 Å². The highest BCUT2D eigenvalue weighted by Gasteiger charge is 2.21. The molecule has 1 aromatic heterocycles. The van der Waals surface area contributed by atoms with Crippen LogP contribution in [0.15, 0.2) is 53.6 Å². The van der Waals surface area contributed by atoms with Crippen LogP contribution in [-0.2, 0) is 10.5 Å². The molecule has 0 bridgehead atoms. The van der Waals surface area contributed by atoms with Crippen LogP contribution in [0.3, 0.4) is 0 Å². The van der Waals surface area contributed by atoms with Crippen LogP contribution >= 0.6 is 23.5 Å². The summed E-state index contributed by atoms with van der Waals surface area (Å²) < 4.78 is 0. The molecule has 23 heavy (non-hydrogen) atoms. The Bertz CT molecular complexity index is 648. The average Bonchev–Trinajstić information content (AvgIpc) is 2.60. The molecule has 1 atom stereocenters. The molecule has 0 unspecified atom stereocenters. The van der Waals surface area contributed by atoms with E-state index in [0.29, 0.717) is 6.42 Å². The fourth-order valence-corrected chi connectivity index (χ4v) is 4.56. The van der Waals surface area contributed by atoms with Crippen LogP contribution in [0.1, 0.15) is 30.1 Å². The summed E-state index contributed by atoms with van der Waals surface area (Å²) in [6, 6.07) is 14.5. The van der Waals surface area contributed by atoms with E-state index in [1.54, 1.807) is 18.0 Å². The summed E-state index contributed by atoms with van der Waals surface area (Å²) in [7, 11) is 0. The number of pyridine rings is 1. The molecule has 3 rings (SSSR count). The van der Waals surface area contributed by atoms with E-state index in [-0.39, 0.29) is 11.9 Å². The zero-order chi connectivity index (χ0) is 15.9. The number of fused-ring (bicyclic) bond motifs is 1. The highest BCUT2D eigenvalue weighted by atomic mass is 32.2. The normalized spacial score (nSPS) is 16.6. The molecule has 3 nitrogen and oxygen atoms in total. The minimum atomic E-state index is 0.144. The summed E-state index contributed by atoms with van der Waals surface area (Å²) in [5, 5.41) is 3.19. The lowest BCUT2D eigenvalue weighted by atomic mass is 10.0. The topological polar surface area (TPSA) is 42.0 Å². The summed E-state index contributed by atoms with van der Waals surface area (Å²) in [5.74, 6) is 2.89. The Morgan fingerprint density at radius 2 is 2.13 bits per heavy atom. The van der Waals surface area contributed by atoms with E-state index in [9.17, 15) is 4.79 Å². The zero-order valence-corrected chi connectivity index (χ0v) is 14.5. The van der Waals surface area contributed by atoms with Crippen molar-refractivity contribution in [2.24, 2.45) is 0 Å². The van der Waals surface area contributed by atoms with Crippen molar-refractivity contribution in [3.05, 3.63) is 59.9 Å². The first-order valence-corrected chi connectivity index (χ1v) is 9.96. The lowest BCUT2D eigenvalue weighted by Crippen LogP contribution is -2.30. The van der Waals surface area contributed by atoms with Crippen molar-refractivity contribution >= 4 is 29.4 Å². The molecule has 0 aliphatic carbocycles. The number of nitrogens with zero attached hydrogens (tertiary/aromatic N) is 1. The number of nitrogens with one attached hydrogen (secondary N) is 1. The SMILES string of the molecule is O=C(CCSCc1ccccn1)N[C@@H]1CCSc2ccccc21. The molecule has 0 radical (unpaired) electrons. The molecule has 1 aliphatic rings. The first kappa shape index (κ1) is 16.4. The standard InChI is InChI=1S/C18H20N2OS2/c21-18(9-11-22-13-14-5-3-4-10-19-14)20-16-8-12-23-17-7-2-1-6-15(16)17/h1-7,10,16H,8-9,11-13H2,(H,20,21)/t16-/m1/s1. The second-order valence-corrected chi connectivity index (χ2v) is 7.66. The molecule has 120 valence electrons. The number of carbonyl (C=O) groups excluding carboxylic acids is 1. The van der Waals surface area contributed by atoms with Gasteiger partial charge in [0.15, 0.2) is 0 Å². The molecular formula is C18H20N2OS2. The van der Waals surface area contributed by atoms with Gasteiger partial charge < -0.3 is 5.32 Å². The largest absolute Gasteiger partial charge is 0.349 e. The second kappa shape index (κ2) is 8.41. The maximum Gasteiger partial charge on any atom is 0.221 e. The van der Waals surface area contributed by atoms with Crippen LogP contribution in [0.5, 0.6) is 0 Å². The van der Waals surface area contributed by atoms with Crippen molar-refractivity contribution in [3.63, 3.8) is 0 Å². The molecule has 2 aromatic rings. The van der Waals surface area contributed by atoms with Crippen molar-refractivity contribution < 1.29 is 4.79 Å². The maximum atomic E-state index is 12.2. The predicted octanol–water partition coefficient (Wildman–Crippen LogP) is 4.06. The van der Waals surface area contributed by atoms with Crippen LogP contribution in [0.25, 0.3) is 0 Å². The zero-order valence-electron chi connectivity index (χ0n) is 12.9. The molecule has 2 heterocycles. The van der Waals surface area contributed by atoms with Gasteiger partial charge in [-0.05, 0) is 30.2 Å². The van der Waals surface area contributed by atoms with Crippen molar-refractivity contribution in [1.82, 2.24) is 10.3 Å². The maximum absolute atomic E-state index is 12.2. The number of thioether (sulfide) groups is 2. The van der Waals surface area contributed by atoms with Crippen molar-refractivity contribution in [3.8, 4) is 0 Å². The summed E-state index contributed by atoms with van der Waals surface area (Å²) in [6.45, 7) is 0. The van der Waals surface area contributed by atoms with Crippen LogP contribution in [0.2, 0.25) is 0 Å². The fraction of sp³-hybridized carbons (Fsp3) is 0.333. The van der Waals surface area contributed by atoms with Crippen LogP contribution in [0, 0.1) is 0 Å². The highest BCUT2D eigenvalue weighted by molar-refractivity contribution is 7.99. The number of hydrogen-bond acceptors (Lipinski definition) is 4. The number of hydrogen-bond donors (Lipinski definition) is 1. The Balaban J connectivity index is 1.43. The van der Waals surface area contributed by atoms with Gasteiger partial charge in [-0.15, -0.1) is 11.8 Å². The Morgan fingerprint density at radius 3 is 3.00 bits per heavy atom. The van der Waals surface area contributed by atoms with Crippen LogP contribution in [0.4, 0.5) is 0 Å². The van der Waals surface area contributed by atoms with E-state index in [1.807, 2.05) is 36.0 Å². The fourth-order valence-electron chi connectivity index (χ4n) is 2.58. The molecule has 0 fully saturated rings. The Hall–Kier alpha value is -1.46. The third kappa shape index (κ3) is 4.75. The van der Waals surface area contributed by atoms with Crippen molar-refractivity contribution in [2.45, 2.75) is 29.5 Å². The predicted molar refractivity (Wildman–Crippen MR) is 97.7 cm³/mol. The van der Waals surface area contributed by atoms with Crippen LogP contribution < -0.4 is 5.32 Å². The molecule has 5 heteroatoms. The van der Waals surface area contributed by atoms with E-state index in [4.69, 9.17) is 0 Å². The van der Waals surface area contributed by atoms with Gasteiger partial charge in [-0.3, -0.25) is 9.78 Å². The summed E-state index contributed by atoms with van der Waals surface area (Å²) in [6.07, 6.45) is 3.37. The number of amides is 1. The van der Waals surface area contributed by atoms with E-state index in [0.717, 1.165) is 29.4 Å². The smallest absolute Gasteiger partial charge is 0.221 e. The highest BCUT2D eigenvalue weighted by Crippen LogP contribution is 2.35. The van der Waals surface area contributed by atoms with Gasteiger partial charge >= 0.3 is 0 Å². The molecule has 0 saturated carbocycles. The first-order valence-electron chi connectivity index (χ1n) is 7.81. The van der Waals surface area contributed by atoms with Crippen molar-refractivity contribution in [1.29, 1.82) is 0 Å². The molecule has 1 amide bonds. The molecule has 1 aromatic carbocycles. The molecule has 0 saturated heterocycles. The molecule has 1 N–H and O–H groups in total. The lowest BCUT2D eigenvalue weighted by Gasteiger charge is -2.25. The van der Waals surface area contributed by atoms with E-state index < -0.39 is 0 Å². The second-order valence-electron chi connectivity index (χ2n) is 5.42. The molecule has 0 spiro atoms. The van der Waals surface area contributed by atoms with Gasteiger partial charge in [0.05, 0.1) is 11.7 Å².